The van der Waals surface area contributed by atoms with Gasteiger partial charge in [-0.1, -0.05) is 25.1 Å². The molecule has 0 fully saturated rings. The fraction of sp³-hybridized carbons (Fsp3) is 0.571. The molecule has 0 heterocycles. The van der Waals surface area contributed by atoms with Gasteiger partial charge >= 0.3 is 6.61 Å². The van der Waals surface area contributed by atoms with Crippen molar-refractivity contribution in [2.75, 3.05) is 18.6 Å². The van der Waals surface area contributed by atoms with Crippen molar-refractivity contribution in [3.63, 3.8) is 0 Å². The number of thioether (sulfide) groups is 1. The maximum Gasteiger partial charge on any atom is 0.387 e. The summed E-state index contributed by atoms with van der Waals surface area (Å²) in [6.45, 7) is 2.19. The first kappa shape index (κ1) is 16.2. The van der Waals surface area contributed by atoms with Crippen molar-refractivity contribution in [3.05, 3.63) is 29.8 Å². The minimum absolute atomic E-state index is 0.0146. The molecule has 2 unspecified atom stereocenters. The highest BCUT2D eigenvalue weighted by molar-refractivity contribution is 7.98. The lowest BCUT2D eigenvalue weighted by atomic mass is 10.1. The fourth-order valence-corrected chi connectivity index (χ4v) is 2.56. The molecule has 108 valence electrons. The van der Waals surface area contributed by atoms with Crippen LogP contribution in [0.15, 0.2) is 24.3 Å². The zero-order valence-electron chi connectivity index (χ0n) is 11.5. The molecule has 19 heavy (non-hydrogen) atoms. The lowest BCUT2D eigenvalue weighted by molar-refractivity contribution is -0.0506. The van der Waals surface area contributed by atoms with Gasteiger partial charge in [-0.05, 0) is 37.5 Å². The monoisotopic (exact) mass is 289 g/mol. The summed E-state index contributed by atoms with van der Waals surface area (Å²) in [6.07, 6.45) is 2.08. The number of ether oxygens (including phenoxy) is 1. The van der Waals surface area contributed by atoms with Crippen LogP contribution in [0, 0.1) is 5.92 Å². The Bertz CT molecular complexity index is 376. The number of halogens is 2. The van der Waals surface area contributed by atoms with Crippen LogP contribution in [0.5, 0.6) is 5.75 Å². The van der Waals surface area contributed by atoms with E-state index in [1.54, 1.807) is 23.9 Å². The number of alkyl halides is 2. The smallest absolute Gasteiger partial charge is 0.387 e. The largest absolute Gasteiger partial charge is 0.434 e. The SMILES string of the molecule is CSCC(C)CNC(C)c1ccccc1OC(F)F. The molecule has 2 atom stereocenters. The summed E-state index contributed by atoms with van der Waals surface area (Å²) in [5.41, 5.74) is 0.763. The maximum absolute atomic E-state index is 12.3. The van der Waals surface area contributed by atoms with Crippen LogP contribution in [0.3, 0.4) is 0 Å². The number of para-hydroxylation sites is 1. The zero-order valence-corrected chi connectivity index (χ0v) is 12.3. The highest BCUT2D eigenvalue weighted by Gasteiger charge is 2.14. The molecule has 1 N–H and O–H groups in total. The Labute approximate surface area is 117 Å². The third-order valence-corrected chi connectivity index (χ3v) is 3.73. The van der Waals surface area contributed by atoms with Crippen LogP contribution in [-0.2, 0) is 0 Å². The number of hydrogen-bond donors (Lipinski definition) is 1. The molecule has 0 saturated heterocycles. The zero-order chi connectivity index (χ0) is 14.3. The topological polar surface area (TPSA) is 21.3 Å². The third kappa shape index (κ3) is 5.78. The maximum atomic E-state index is 12.3. The first-order valence-corrected chi connectivity index (χ1v) is 7.70. The fourth-order valence-electron chi connectivity index (χ4n) is 1.87. The molecule has 5 heteroatoms. The van der Waals surface area contributed by atoms with Crippen LogP contribution in [-0.4, -0.2) is 25.2 Å². The van der Waals surface area contributed by atoms with Crippen LogP contribution in [0.4, 0.5) is 8.78 Å². The second kappa shape index (κ2) is 8.38. The van der Waals surface area contributed by atoms with Gasteiger partial charge in [0, 0.05) is 11.6 Å². The molecule has 0 aliphatic rings. The van der Waals surface area contributed by atoms with Gasteiger partial charge in [-0.15, -0.1) is 0 Å². The average molecular weight is 289 g/mol. The molecule has 1 aromatic carbocycles. The van der Waals surface area contributed by atoms with Crippen LogP contribution in [0.25, 0.3) is 0 Å². The summed E-state index contributed by atoms with van der Waals surface area (Å²) < 4.78 is 29.2. The second-order valence-electron chi connectivity index (χ2n) is 4.61. The van der Waals surface area contributed by atoms with Crippen LogP contribution in [0.1, 0.15) is 25.5 Å². The second-order valence-corrected chi connectivity index (χ2v) is 5.52. The normalized spacial score (nSPS) is 14.4. The molecule has 0 bridgehead atoms. The van der Waals surface area contributed by atoms with Gasteiger partial charge in [0.1, 0.15) is 5.75 Å². The molecule has 0 aromatic heterocycles. The van der Waals surface area contributed by atoms with Crippen molar-refractivity contribution in [2.24, 2.45) is 5.92 Å². The summed E-state index contributed by atoms with van der Waals surface area (Å²) in [6, 6.07) is 6.90. The molecule has 0 saturated carbocycles. The van der Waals surface area contributed by atoms with Gasteiger partial charge in [0.2, 0.25) is 0 Å². The van der Waals surface area contributed by atoms with E-state index in [1.807, 2.05) is 19.1 Å². The van der Waals surface area contributed by atoms with Gasteiger partial charge in [0.05, 0.1) is 0 Å². The van der Waals surface area contributed by atoms with E-state index in [2.05, 4.69) is 23.2 Å². The van der Waals surface area contributed by atoms with E-state index >= 15 is 0 Å². The number of hydrogen-bond acceptors (Lipinski definition) is 3. The Morgan fingerprint density at radius 2 is 1.95 bits per heavy atom. The molecule has 2 nitrogen and oxygen atoms in total. The van der Waals surface area contributed by atoms with Crippen molar-refractivity contribution in [3.8, 4) is 5.75 Å². The van der Waals surface area contributed by atoms with Gasteiger partial charge in [-0.2, -0.15) is 20.5 Å². The Hall–Kier alpha value is -0.810. The quantitative estimate of drug-likeness (QED) is 0.783. The van der Waals surface area contributed by atoms with E-state index in [9.17, 15) is 8.78 Å². The molecular formula is C14H21F2NOS. The third-order valence-electron chi connectivity index (χ3n) is 2.83. The minimum Gasteiger partial charge on any atom is -0.434 e. The van der Waals surface area contributed by atoms with Crippen LogP contribution < -0.4 is 10.1 Å². The Morgan fingerprint density at radius 3 is 2.58 bits per heavy atom. The van der Waals surface area contributed by atoms with Crippen molar-refractivity contribution in [2.45, 2.75) is 26.5 Å². The molecule has 0 aliphatic carbocycles. The van der Waals surface area contributed by atoms with E-state index in [-0.39, 0.29) is 11.8 Å². The molecule has 0 radical (unpaired) electrons. The summed E-state index contributed by atoms with van der Waals surface area (Å²) in [4.78, 5) is 0. The molecule has 1 rings (SSSR count). The first-order chi connectivity index (χ1) is 9.04. The Balaban J connectivity index is 2.63. The van der Waals surface area contributed by atoms with Crippen molar-refractivity contribution >= 4 is 11.8 Å². The van der Waals surface area contributed by atoms with Gasteiger partial charge in [0.25, 0.3) is 0 Å². The van der Waals surface area contributed by atoms with E-state index in [0.717, 1.165) is 17.9 Å². The summed E-state index contributed by atoms with van der Waals surface area (Å²) in [7, 11) is 0. The number of benzene rings is 1. The van der Waals surface area contributed by atoms with E-state index < -0.39 is 6.61 Å². The summed E-state index contributed by atoms with van der Waals surface area (Å²) in [5, 5.41) is 3.36. The van der Waals surface area contributed by atoms with Crippen molar-refractivity contribution in [1.29, 1.82) is 0 Å². The summed E-state index contributed by atoms with van der Waals surface area (Å²) >= 11 is 1.80. The average Bonchev–Trinajstić information content (AvgIpc) is 2.36. The molecular weight excluding hydrogens is 268 g/mol. The molecule has 1 aromatic rings. The molecule has 0 amide bonds. The van der Waals surface area contributed by atoms with Crippen molar-refractivity contribution in [1.82, 2.24) is 5.32 Å². The lowest BCUT2D eigenvalue weighted by Gasteiger charge is -2.20. The Kier molecular flexibility index (Phi) is 7.16. The van der Waals surface area contributed by atoms with E-state index in [0.29, 0.717) is 5.92 Å². The molecule has 0 aliphatic heterocycles. The van der Waals surface area contributed by atoms with Gasteiger partial charge in [-0.25, -0.2) is 0 Å². The van der Waals surface area contributed by atoms with Crippen LogP contribution in [0.2, 0.25) is 0 Å². The lowest BCUT2D eigenvalue weighted by Crippen LogP contribution is -2.26. The standard InChI is InChI=1S/C14H21F2NOS/c1-10(9-19-3)8-17-11(2)12-6-4-5-7-13(12)18-14(15)16/h4-7,10-11,14,17H,8-9H2,1-3H3. The highest BCUT2D eigenvalue weighted by atomic mass is 32.2. The predicted octanol–water partition coefficient (Wildman–Crippen LogP) is 3.94. The van der Waals surface area contributed by atoms with Crippen molar-refractivity contribution < 1.29 is 13.5 Å². The van der Waals surface area contributed by atoms with Crippen LogP contribution >= 0.6 is 11.8 Å². The predicted molar refractivity (Wildman–Crippen MR) is 77.0 cm³/mol. The number of rotatable bonds is 8. The van der Waals surface area contributed by atoms with E-state index in [1.165, 1.54) is 0 Å². The Morgan fingerprint density at radius 1 is 1.26 bits per heavy atom. The van der Waals surface area contributed by atoms with Gasteiger partial charge in [0.15, 0.2) is 0 Å². The number of nitrogens with one attached hydrogen (secondary N) is 1. The summed E-state index contributed by atoms with van der Waals surface area (Å²) in [5.74, 6) is 1.87. The van der Waals surface area contributed by atoms with Gasteiger partial charge < -0.3 is 10.1 Å². The van der Waals surface area contributed by atoms with E-state index in [4.69, 9.17) is 0 Å². The highest BCUT2D eigenvalue weighted by Crippen LogP contribution is 2.26. The van der Waals surface area contributed by atoms with Gasteiger partial charge in [-0.3, -0.25) is 0 Å². The molecule has 0 spiro atoms. The minimum atomic E-state index is -2.79. The first-order valence-electron chi connectivity index (χ1n) is 6.30.